The number of nitrogens with zero attached hydrogens (tertiary/aromatic N) is 2. The van der Waals surface area contributed by atoms with Crippen molar-refractivity contribution >= 4 is 32.7 Å². The van der Waals surface area contributed by atoms with Crippen molar-refractivity contribution in [2.75, 3.05) is 0 Å². The SMILES string of the molecule is [2H]C([2H])([2H])c1c[c-]c(-c2ccc(C([2H])([2H])C(C)(C)C)cn2)cc1-c1ccccc1.[2H]C([2H])([2H])c1cc(-c2cc(-c3[c-]ccc4c3oc3c5ccccc5ccc43)ncc2C([2H])([2H])[2H])c(C([2H])([2H])[2H])cc1-c1ccc(C2([2H])CCCC2)cc1.[Ir]. The Morgan fingerprint density at radius 2 is 1.29 bits per heavy atom. The number of benzene rings is 7. The van der Waals surface area contributed by atoms with E-state index in [1.807, 2.05) is 106 Å². The van der Waals surface area contributed by atoms with E-state index in [1.54, 1.807) is 42.6 Å². The average molecular weight is 1080 g/mol. The molecular weight excluding hydrogens is 1000 g/mol. The summed E-state index contributed by atoms with van der Waals surface area (Å²) in [6.07, 6.45) is 4.64. The molecule has 7 aromatic carbocycles. The normalized spacial score (nSPS) is 17.5. The van der Waals surface area contributed by atoms with Crippen LogP contribution in [0, 0.1) is 45.0 Å². The van der Waals surface area contributed by atoms with Gasteiger partial charge in [-0.1, -0.05) is 178 Å². The van der Waals surface area contributed by atoms with Crippen LogP contribution < -0.4 is 0 Å². The minimum absolute atomic E-state index is 0. The van der Waals surface area contributed by atoms with Crippen molar-refractivity contribution in [3.8, 4) is 55.9 Å². The van der Waals surface area contributed by atoms with Gasteiger partial charge < -0.3 is 14.4 Å². The zero-order chi connectivity index (χ0) is 59.0. The number of hydrogen-bond donors (Lipinski definition) is 0. The Balaban J connectivity index is 0.000000234. The second kappa shape index (κ2) is 19.6. The van der Waals surface area contributed by atoms with Crippen molar-refractivity contribution in [3.05, 3.63) is 203 Å². The van der Waals surface area contributed by atoms with Gasteiger partial charge in [0.05, 0.1) is 5.58 Å². The molecule has 3 aromatic heterocycles. The van der Waals surface area contributed by atoms with Crippen LogP contribution in [0.3, 0.4) is 0 Å². The third-order valence-corrected chi connectivity index (χ3v) is 12.3. The molecular formula is C64H58IrN2O-2. The molecule has 0 bridgehead atoms. The van der Waals surface area contributed by atoms with Crippen LogP contribution >= 0.6 is 0 Å². The predicted molar refractivity (Wildman–Crippen MR) is 281 cm³/mol. The fourth-order valence-corrected chi connectivity index (χ4v) is 9.07. The summed E-state index contributed by atoms with van der Waals surface area (Å²) >= 11 is 0. The average Bonchev–Trinajstić information content (AvgIpc) is 2.52. The standard InChI is InChI=1S/C41H34NO.C23H24N.Ir/c1-25-22-37(26(2)21-36(25)31-17-15-29(16-18-31)28-9-4-5-10-28)38-23-39(42-24-27(38)3)35-14-8-13-33-34-20-19-30-11-6-7-12-32(30)40(34)43-41(33)35;1-17-10-12-20(14-21(17)19-8-6-5-7-9-19)22-13-11-18(16-24-22)15-23(2,3)4;/h6-8,11-13,15-24,28H,4-5,9-10H2,1-3H3;5-11,13-14,16H,15H2,1-4H3;/q2*-1;/i1D3,2D3,3D3,28D;1D3,15D2;. The fourth-order valence-electron chi connectivity index (χ4n) is 9.07. The number of rotatable bonds is 7. The summed E-state index contributed by atoms with van der Waals surface area (Å²) in [4.78, 5) is 8.98. The molecule has 0 N–H and O–H groups in total. The van der Waals surface area contributed by atoms with Crippen molar-refractivity contribution in [2.24, 2.45) is 5.41 Å². The molecule has 4 heteroatoms. The fraction of sp³-hybridized carbons (Fsp3) is 0.219. The third kappa shape index (κ3) is 9.64. The van der Waals surface area contributed by atoms with Crippen LogP contribution in [-0.4, -0.2) is 9.97 Å². The molecule has 0 amide bonds. The number of hydrogen-bond acceptors (Lipinski definition) is 3. The van der Waals surface area contributed by atoms with E-state index in [4.69, 9.17) is 25.0 Å². The summed E-state index contributed by atoms with van der Waals surface area (Å²) in [5, 5.41) is 3.61. The van der Waals surface area contributed by atoms with Gasteiger partial charge in [-0.3, -0.25) is 0 Å². The first-order valence-corrected chi connectivity index (χ1v) is 22.6. The van der Waals surface area contributed by atoms with Crippen LogP contribution in [0.15, 0.2) is 162 Å². The molecule has 0 aliphatic heterocycles. The summed E-state index contributed by atoms with van der Waals surface area (Å²) in [6.45, 7) is -4.85. The minimum atomic E-state index is -2.76. The van der Waals surface area contributed by atoms with Gasteiger partial charge in [-0.05, 0) is 123 Å². The summed E-state index contributed by atoms with van der Waals surface area (Å²) < 4.78 is 132. The molecule has 10 aromatic rings. The van der Waals surface area contributed by atoms with Crippen molar-refractivity contribution < 1.29 is 45.1 Å². The van der Waals surface area contributed by atoms with Crippen molar-refractivity contribution in [1.29, 1.82) is 0 Å². The largest absolute Gasteiger partial charge is 0.500 e. The molecule has 1 aliphatic rings. The summed E-state index contributed by atoms with van der Waals surface area (Å²) in [7, 11) is 0. The molecule has 0 unspecified atom stereocenters. The van der Waals surface area contributed by atoms with Gasteiger partial charge in [0.15, 0.2) is 0 Å². The van der Waals surface area contributed by atoms with Gasteiger partial charge in [0, 0.05) is 63.8 Å². The number of pyridine rings is 2. The third-order valence-electron chi connectivity index (χ3n) is 12.3. The molecule has 1 fully saturated rings. The summed E-state index contributed by atoms with van der Waals surface area (Å²) in [5.74, 6) is -0.707. The molecule has 3 heterocycles. The number of fused-ring (bicyclic) bond motifs is 5. The van der Waals surface area contributed by atoms with Crippen molar-refractivity contribution in [2.45, 2.75) is 86.1 Å². The molecule has 3 nitrogen and oxygen atoms in total. The van der Waals surface area contributed by atoms with E-state index in [0.29, 0.717) is 44.7 Å². The number of aromatic nitrogens is 2. The van der Waals surface area contributed by atoms with E-state index in [-0.39, 0.29) is 64.7 Å². The molecule has 0 atom stereocenters. The Kier molecular flexibility index (Phi) is 9.12. The molecule has 341 valence electrons. The maximum absolute atomic E-state index is 8.91. The van der Waals surface area contributed by atoms with Crippen LogP contribution in [-0.2, 0) is 26.5 Å². The quantitative estimate of drug-likeness (QED) is 0.149. The molecule has 68 heavy (non-hydrogen) atoms. The number of furan rings is 1. The maximum atomic E-state index is 8.91. The van der Waals surface area contributed by atoms with Gasteiger partial charge >= 0.3 is 0 Å². The van der Waals surface area contributed by atoms with Gasteiger partial charge in [-0.25, -0.2) is 0 Å². The Bertz CT molecular complexity index is 4000. The maximum Gasteiger partial charge on any atom is 0.128 e. The van der Waals surface area contributed by atoms with Crippen LogP contribution in [0.1, 0.15) is 106 Å². The van der Waals surface area contributed by atoms with Crippen LogP contribution in [0.2, 0.25) is 0 Å². The Morgan fingerprint density at radius 3 is 2.04 bits per heavy atom. The van der Waals surface area contributed by atoms with E-state index in [2.05, 4.69) is 22.1 Å². The van der Waals surface area contributed by atoms with E-state index in [9.17, 15) is 0 Å². The Hall–Kier alpha value is -6.45. The monoisotopic (exact) mass is 1080 g/mol. The van der Waals surface area contributed by atoms with Gasteiger partial charge in [0.1, 0.15) is 5.58 Å². The first kappa shape index (κ1) is 31.6. The van der Waals surface area contributed by atoms with Gasteiger partial charge in [0.25, 0.3) is 0 Å². The first-order valence-electron chi connectivity index (χ1n) is 30.1. The first-order chi connectivity index (χ1) is 38.4. The van der Waals surface area contributed by atoms with Gasteiger partial charge in [0.2, 0.25) is 0 Å². The molecule has 1 aliphatic carbocycles. The summed E-state index contributed by atoms with van der Waals surface area (Å²) in [6, 6.07) is 49.2. The predicted octanol–water partition coefficient (Wildman–Crippen LogP) is 17.6. The van der Waals surface area contributed by atoms with Gasteiger partial charge in [-0.2, -0.15) is 0 Å². The topological polar surface area (TPSA) is 38.9 Å². The summed E-state index contributed by atoms with van der Waals surface area (Å²) in [5.41, 5.74) is 5.76. The van der Waals surface area contributed by atoms with Crippen molar-refractivity contribution in [1.82, 2.24) is 9.97 Å². The smallest absolute Gasteiger partial charge is 0.128 e. The molecule has 0 spiro atoms. The molecule has 11 rings (SSSR count). The second-order valence-corrected chi connectivity index (χ2v) is 18.2. The van der Waals surface area contributed by atoms with E-state index >= 15 is 0 Å². The van der Waals surface area contributed by atoms with E-state index in [0.717, 1.165) is 58.4 Å². The molecule has 0 saturated heterocycles. The van der Waals surface area contributed by atoms with Crippen molar-refractivity contribution in [3.63, 3.8) is 0 Å². The number of aryl methyl sites for hydroxylation is 4. The zero-order valence-corrected chi connectivity index (χ0v) is 40.4. The molecule has 1 radical (unpaired) electrons. The zero-order valence-electron chi connectivity index (χ0n) is 53.0. The van der Waals surface area contributed by atoms with Gasteiger partial charge in [-0.15, -0.1) is 47.5 Å². The molecule has 1 saturated carbocycles. The van der Waals surface area contributed by atoms with E-state index in [1.165, 1.54) is 30.5 Å². The van der Waals surface area contributed by atoms with Crippen LogP contribution in [0.4, 0.5) is 0 Å². The minimum Gasteiger partial charge on any atom is -0.500 e. The second-order valence-electron chi connectivity index (χ2n) is 18.2. The Labute approximate surface area is 437 Å². The van der Waals surface area contributed by atoms with Crippen LogP contribution in [0.5, 0.6) is 0 Å². The van der Waals surface area contributed by atoms with E-state index < -0.39 is 45.1 Å². The Morgan fingerprint density at radius 1 is 0.618 bits per heavy atom. The van der Waals surface area contributed by atoms with Crippen LogP contribution in [0.25, 0.3) is 88.6 Å².